The Balaban J connectivity index is 1.33. The second-order valence-electron chi connectivity index (χ2n) is 15.4. The Hall–Kier alpha value is -2.64. The fourth-order valence-corrected chi connectivity index (χ4v) is 9.71. The maximum absolute atomic E-state index is 12.4. The summed E-state index contributed by atoms with van der Waals surface area (Å²) in [5, 5.41) is 0.129. The quantitative estimate of drug-likeness (QED) is 0.148. The second kappa shape index (κ2) is 12.3. The zero-order chi connectivity index (χ0) is 31.9. The molecule has 5 nitrogen and oxygen atoms in total. The van der Waals surface area contributed by atoms with Crippen LogP contribution >= 0.6 is 0 Å². The topological polar surface area (TPSA) is 69.7 Å². The number of allylic oxidation sites excluding steroid dienone is 3. The van der Waals surface area contributed by atoms with Crippen LogP contribution in [0.2, 0.25) is 18.1 Å². The Morgan fingerprint density at radius 1 is 0.955 bits per heavy atom. The highest BCUT2D eigenvalue weighted by Gasteiger charge is 2.53. The molecule has 238 valence electrons. The van der Waals surface area contributed by atoms with Crippen LogP contribution in [0.4, 0.5) is 0 Å². The molecule has 0 heterocycles. The van der Waals surface area contributed by atoms with Crippen molar-refractivity contribution in [2.45, 2.75) is 114 Å². The van der Waals surface area contributed by atoms with Gasteiger partial charge in [-0.1, -0.05) is 56.7 Å². The molecule has 4 aliphatic rings. The first-order valence-electron chi connectivity index (χ1n) is 16.3. The van der Waals surface area contributed by atoms with Crippen LogP contribution in [0, 0.1) is 17.8 Å². The van der Waals surface area contributed by atoms with Crippen LogP contribution in [0.5, 0.6) is 5.75 Å². The molecule has 0 N–H and O–H groups in total. The fourth-order valence-electron chi connectivity index (χ4n) is 7.82. The van der Waals surface area contributed by atoms with Crippen molar-refractivity contribution < 1.29 is 21.8 Å². The van der Waals surface area contributed by atoms with E-state index in [1.165, 1.54) is 73.4 Å². The van der Waals surface area contributed by atoms with E-state index in [4.69, 9.17) is 8.61 Å². The molecule has 4 fully saturated rings. The third-order valence-electron chi connectivity index (χ3n) is 10.8. The maximum Gasteiger partial charge on any atom is 0.346 e. The zero-order valence-electron chi connectivity index (χ0n) is 27.6. The minimum atomic E-state index is -4.13. The SMILES string of the molecule is CC(=CC(=O)OS(=O)(=O)c1ccccc1)CCC=C(C)c1ccc(O[Si](C)(C)C(C)(C)C)c(C23CC4CC(CC(C4)C2)C3)c1. The lowest BCUT2D eigenvalue weighted by Crippen LogP contribution is -2.49. The fraction of sp³-hybridized carbons (Fsp3) is 0.541. The number of carbonyl (C=O) groups excluding carboxylic acids is 1. The summed E-state index contributed by atoms with van der Waals surface area (Å²) < 4.78 is 36.6. The molecule has 6 rings (SSSR count). The van der Waals surface area contributed by atoms with Gasteiger partial charge in [-0.3, -0.25) is 0 Å². The van der Waals surface area contributed by atoms with Gasteiger partial charge in [-0.25, -0.2) is 4.79 Å². The van der Waals surface area contributed by atoms with Crippen molar-refractivity contribution in [1.82, 2.24) is 0 Å². The molecule has 44 heavy (non-hydrogen) atoms. The molecule has 0 aromatic heterocycles. The van der Waals surface area contributed by atoms with Crippen LogP contribution in [0.3, 0.4) is 0 Å². The molecular formula is C37H50O5SSi. The third-order valence-corrected chi connectivity index (χ3v) is 16.4. The molecule has 0 unspecified atom stereocenters. The van der Waals surface area contributed by atoms with Gasteiger partial charge in [0.1, 0.15) is 10.6 Å². The molecule has 4 bridgehead atoms. The van der Waals surface area contributed by atoms with E-state index in [-0.39, 0.29) is 15.3 Å². The predicted octanol–water partition coefficient (Wildman–Crippen LogP) is 9.60. The van der Waals surface area contributed by atoms with Gasteiger partial charge < -0.3 is 8.61 Å². The van der Waals surface area contributed by atoms with Crippen molar-refractivity contribution >= 4 is 30.0 Å². The monoisotopic (exact) mass is 634 g/mol. The molecule has 4 saturated carbocycles. The van der Waals surface area contributed by atoms with E-state index in [2.05, 4.69) is 65.1 Å². The Morgan fingerprint density at radius 2 is 1.55 bits per heavy atom. The van der Waals surface area contributed by atoms with Crippen LogP contribution in [0.1, 0.15) is 97.1 Å². The molecule has 0 radical (unpaired) electrons. The molecule has 2 aromatic rings. The molecule has 0 amide bonds. The maximum atomic E-state index is 12.4. The van der Waals surface area contributed by atoms with Crippen molar-refractivity contribution in [3.05, 3.63) is 77.4 Å². The highest BCUT2D eigenvalue weighted by atomic mass is 32.2. The molecule has 0 atom stereocenters. The van der Waals surface area contributed by atoms with Gasteiger partial charge in [0.15, 0.2) is 0 Å². The van der Waals surface area contributed by atoms with Gasteiger partial charge in [0, 0.05) is 6.08 Å². The number of carbonyl (C=O) groups is 1. The van der Waals surface area contributed by atoms with Crippen molar-refractivity contribution in [2.75, 3.05) is 0 Å². The lowest BCUT2D eigenvalue weighted by molar-refractivity contribution is -0.128. The number of rotatable bonds is 10. The summed E-state index contributed by atoms with van der Waals surface area (Å²) >= 11 is 0. The van der Waals surface area contributed by atoms with Gasteiger partial charge in [0.05, 0.1) is 0 Å². The molecule has 0 aliphatic heterocycles. The Bertz CT molecular complexity index is 1510. The lowest BCUT2D eigenvalue weighted by atomic mass is 9.48. The van der Waals surface area contributed by atoms with Crippen LogP contribution in [-0.4, -0.2) is 22.7 Å². The van der Waals surface area contributed by atoms with E-state index in [1.54, 1.807) is 18.2 Å². The minimum Gasteiger partial charge on any atom is -0.543 e. The minimum absolute atomic E-state index is 0.0355. The predicted molar refractivity (Wildman–Crippen MR) is 180 cm³/mol. The summed E-state index contributed by atoms with van der Waals surface area (Å²) in [4.78, 5) is 12.3. The van der Waals surface area contributed by atoms with Gasteiger partial charge >= 0.3 is 16.1 Å². The summed E-state index contributed by atoms with van der Waals surface area (Å²) in [6.07, 6.45) is 13.0. The van der Waals surface area contributed by atoms with Crippen LogP contribution in [0.25, 0.3) is 5.57 Å². The average molecular weight is 635 g/mol. The zero-order valence-corrected chi connectivity index (χ0v) is 29.4. The van der Waals surface area contributed by atoms with Crippen LogP contribution in [0.15, 0.2) is 71.2 Å². The molecular weight excluding hydrogens is 585 g/mol. The van der Waals surface area contributed by atoms with Crippen LogP contribution in [-0.2, 0) is 24.5 Å². The van der Waals surface area contributed by atoms with Crippen molar-refractivity contribution in [3.63, 3.8) is 0 Å². The normalized spacial score (nSPS) is 25.7. The number of hydrogen-bond acceptors (Lipinski definition) is 5. The average Bonchev–Trinajstić information content (AvgIpc) is 2.91. The van der Waals surface area contributed by atoms with Crippen molar-refractivity contribution in [1.29, 1.82) is 0 Å². The van der Waals surface area contributed by atoms with Crippen molar-refractivity contribution in [3.8, 4) is 5.75 Å². The summed E-state index contributed by atoms with van der Waals surface area (Å²) in [6, 6.07) is 14.6. The summed E-state index contributed by atoms with van der Waals surface area (Å²) in [6.45, 7) is 15.6. The Morgan fingerprint density at radius 3 is 2.11 bits per heavy atom. The van der Waals surface area contributed by atoms with E-state index in [1.807, 2.05) is 6.92 Å². The van der Waals surface area contributed by atoms with Gasteiger partial charge in [-0.15, -0.1) is 0 Å². The Kier molecular flexibility index (Phi) is 9.14. The Labute approximate surface area is 266 Å². The lowest BCUT2D eigenvalue weighted by Gasteiger charge is -2.57. The van der Waals surface area contributed by atoms with E-state index in [9.17, 15) is 13.2 Å². The highest BCUT2D eigenvalue weighted by Crippen LogP contribution is 2.62. The molecule has 0 spiro atoms. The summed E-state index contributed by atoms with van der Waals surface area (Å²) in [7, 11) is -6.15. The van der Waals surface area contributed by atoms with Crippen molar-refractivity contribution in [2.24, 2.45) is 17.8 Å². The highest BCUT2D eigenvalue weighted by molar-refractivity contribution is 7.87. The van der Waals surface area contributed by atoms with Gasteiger partial charge in [-0.05, 0) is 147 Å². The number of hydrogen-bond donors (Lipinski definition) is 0. The van der Waals surface area contributed by atoms with E-state index >= 15 is 0 Å². The first kappa shape index (κ1) is 32.7. The summed E-state index contributed by atoms with van der Waals surface area (Å²) in [5.74, 6) is 2.80. The first-order valence-corrected chi connectivity index (χ1v) is 20.6. The van der Waals surface area contributed by atoms with E-state index in [0.717, 1.165) is 35.5 Å². The second-order valence-corrected chi connectivity index (χ2v) is 21.6. The first-order chi connectivity index (χ1) is 20.6. The largest absolute Gasteiger partial charge is 0.543 e. The van der Waals surface area contributed by atoms with Gasteiger partial charge in [0.2, 0.25) is 8.32 Å². The van der Waals surface area contributed by atoms with Crippen LogP contribution < -0.4 is 4.43 Å². The smallest absolute Gasteiger partial charge is 0.346 e. The standard InChI is InChI=1S/C37H50O5SSi/c1-26(18-35(38)41-43(39,40)32-14-9-8-10-15-32)12-11-13-27(2)31-16-17-34(42-44(6,7)36(3,4)5)33(22-31)37-23-28-19-29(24-37)21-30(20-28)25-37/h8-10,13-18,22,28-30H,11-12,19-21,23-25H2,1-7H3. The van der Waals surface area contributed by atoms with E-state index < -0.39 is 24.4 Å². The molecule has 7 heteroatoms. The third kappa shape index (κ3) is 7.09. The van der Waals surface area contributed by atoms with Gasteiger partial charge in [0.25, 0.3) is 0 Å². The molecule has 0 saturated heterocycles. The number of benzene rings is 2. The summed E-state index contributed by atoms with van der Waals surface area (Å²) in [5.41, 5.74) is 4.87. The van der Waals surface area contributed by atoms with E-state index in [0.29, 0.717) is 6.42 Å². The van der Waals surface area contributed by atoms with Gasteiger partial charge in [-0.2, -0.15) is 8.42 Å². The molecule has 4 aliphatic carbocycles. The molecule has 2 aromatic carbocycles.